The van der Waals surface area contributed by atoms with Gasteiger partial charge in [0, 0.05) is 23.9 Å². The second-order valence-electron chi connectivity index (χ2n) is 9.73. The van der Waals surface area contributed by atoms with Gasteiger partial charge in [-0.25, -0.2) is 14.8 Å². The summed E-state index contributed by atoms with van der Waals surface area (Å²) >= 11 is 1.83. The normalized spacial score (nSPS) is 21.3. The van der Waals surface area contributed by atoms with Crippen LogP contribution in [0.4, 0.5) is 10.6 Å². The average molecular weight is 492 g/mol. The standard InChI is InChI=1S/C21H30N4O2S.C2H5NO.C2H6/c1-12-5-10-15-16(12)17-18(22-11-23-19(17)28-15)24-13-6-8-14(9-7-13)25-20(26)27-21(2,3)4;1-2(3)4;1-2/h11-14H,5-10H2,1-4H3,(H,25,26)(H,22,23,24);1H3,(H2,3,4);1-2H3/t12-,13?,14?;;/m0../s1. The third kappa shape index (κ3) is 7.82. The predicted molar refractivity (Wildman–Crippen MR) is 139 cm³/mol. The van der Waals surface area contributed by atoms with Crippen molar-refractivity contribution in [2.45, 2.75) is 111 Å². The van der Waals surface area contributed by atoms with Crippen molar-refractivity contribution >= 4 is 39.4 Å². The van der Waals surface area contributed by atoms with Gasteiger partial charge in [-0.2, -0.15) is 0 Å². The number of nitrogens with two attached hydrogens (primary N) is 1. The Morgan fingerprint density at radius 3 is 2.26 bits per heavy atom. The highest BCUT2D eigenvalue weighted by Gasteiger charge is 2.29. The minimum Gasteiger partial charge on any atom is -0.444 e. The number of aryl methyl sites for hydroxylation is 1. The van der Waals surface area contributed by atoms with E-state index in [1.807, 2.05) is 46.0 Å². The third-order valence-electron chi connectivity index (χ3n) is 5.69. The predicted octanol–water partition coefficient (Wildman–Crippen LogP) is 5.51. The van der Waals surface area contributed by atoms with E-state index in [4.69, 9.17) is 4.74 Å². The lowest BCUT2D eigenvalue weighted by molar-refractivity contribution is -0.115. The summed E-state index contributed by atoms with van der Waals surface area (Å²) in [5.41, 5.74) is 5.47. The largest absolute Gasteiger partial charge is 0.444 e. The minimum absolute atomic E-state index is 0.184. The third-order valence-corrected chi connectivity index (χ3v) is 6.86. The lowest BCUT2D eigenvalue weighted by Crippen LogP contribution is -2.42. The number of amides is 2. The van der Waals surface area contributed by atoms with Crippen molar-refractivity contribution in [3.8, 4) is 0 Å². The molecule has 190 valence electrons. The van der Waals surface area contributed by atoms with Crippen molar-refractivity contribution in [2.24, 2.45) is 5.73 Å². The molecule has 1 atom stereocenters. The van der Waals surface area contributed by atoms with Crippen molar-refractivity contribution in [3.63, 3.8) is 0 Å². The fourth-order valence-corrected chi connectivity index (χ4v) is 5.63. The number of nitrogens with one attached hydrogen (secondary N) is 2. The number of hydrogen-bond donors (Lipinski definition) is 3. The molecule has 0 unspecified atom stereocenters. The van der Waals surface area contributed by atoms with Gasteiger partial charge in [-0.15, -0.1) is 11.3 Å². The summed E-state index contributed by atoms with van der Waals surface area (Å²) in [5.74, 6) is 1.24. The zero-order valence-electron chi connectivity index (χ0n) is 21.7. The van der Waals surface area contributed by atoms with E-state index in [-0.39, 0.29) is 18.0 Å². The molecule has 0 saturated heterocycles. The molecule has 1 fully saturated rings. The van der Waals surface area contributed by atoms with Crippen molar-refractivity contribution in [2.75, 3.05) is 5.32 Å². The van der Waals surface area contributed by atoms with Crippen LogP contribution in [0.15, 0.2) is 6.33 Å². The second kappa shape index (κ2) is 12.3. The maximum absolute atomic E-state index is 12.0. The number of alkyl carbamates (subject to hydrolysis) is 1. The maximum atomic E-state index is 12.0. The highest BCUT2D eigenvalue weighted by molar-refractivity contribution is 7.19. The van der Waals surface area contributed by atoms with Crippen LogP contribution >= 0.6 is 11.3 Å². The van der Waals surface area contributed by atoms with E-state index >= 15 is 0 Å². The van der Waals surface area contributed by atoms with Crippen molar-refractivity contribution in [1.82, 2.24) is 15.3 Å². The van der Waals surface area contributed by atoms with Crippen LogP contribution in [0.25, 0.3) is 10.2 Å². The SMILES string of the molecule is CC.CC(N)=O.C[C@H]1CCc2sc3ncnc(NC4CCC(NC(=O)OC(C)(C)C)CC4)c3c21. The van der Waals surface area contributed by atoms with E-state index in [0.717, 1.165) is 36.3 Å². The molecule has 0 aliphatic heterocycles. The fraction of sp³-hybridized carbons (Fsp3) is 0.680. The molecule has 1 saturated carbocycles. The lowest BCUT2D eigenvalue weighted by Gasteiger charge is -2.31. The maximum Gasteiger partial charge on any atom is 0.407 e. The Kier molecular flexibility index (Phi) is 10.1. The van der Waals surface area contributed by atoms with Gasteiger partial charge in [0.25, 0.3) is 0 Å². The van der Waals surface area contributed by atoms with Crippen molar-refractivity contribution in [1.29, 1.82) is 0 Å². The van der Waals surface area contributed by atoms with E-state index < -0.39 is 5.60 Å². The summed E-state index contributed by atoms with van der Waals surface area (Å²) in [4.78, 5) is 32.9. The van der Waals surface area contributed by atoms with Gasteiger partial charge in [-0.3, -0.25) is 4.79 Å². The first-order valence-corrected chi connectivity index (χ1v) is 13.1. The zero-order valence-corrected chi connectivity index (χ0v) is 22.5. The van der Waals surface area contributed by atoms with E-state index in [1.165, 1.54) is 35.6 Å². The molecule has 2 aliphatic rings. The molecule has 34 heavy (non-hydrogen) atoms. The number of carbonyl (C=O) groups is 2. The zero-order chi connectivity index (χ0) is 25.5. The smallest absolute Gasteiger partial charge is 0.407 e. The van der Waals surface area contributed by atoms with Gasteiger partial charge in [0.05, 0.1) is 5.39 Å². The summed E-state index contributed by atoms with van der Waals surface area (Å²) < 4.78 is 5.37. The van der Waals surface area contributed by atoms with Crippen LogP contribution in [-0.2, 0) is 16.0 Å². The number of fused-ring (bicyclic) bond motifs is 3. The first-order valence-electron chi connectivity index (χ1n) is 12.3. The molecule has 0 radical (unpaired) electrons. The molecule has 0 spiro atoms. The molecule has 4 N–H and O–H groups in total. The van der Waals surface area contributed by atoms with Gasteiger partial charge >= 0.3 is 6.09 Å². The quantitative estimate of drug-likeness (QED) is 0.521. The number of aromatic nitrogens is 2. The van der Waals surface area contributed by atoms with E-state index in [2.05, 4.69) is 33.3 Å². The molecule has 2 aliphatic carbocycles. The molecule has 9 heteroatoms. The van der Waals surface area contributed by atoms with Gasteiger partial charge in [0.1, 0.15) is 22.6 Å². The lowest BCUT2D eigenvalue weighted by atomic mass is 9.91. The van der Waals surface area contributed by atoms with Gasteiger partial charge in [-0.1, -0.05) is 20.8 Å². The molecule has 2 amide bonds. The summed E-state index contributed by atoms with van der Waals surface area (Å²) in [6.45, 7) is 13.3. The fourth-order valence-electron chi connectivity index (χ4n) is 4.36. The second-order valence-corrected chi connectivity index (χ2v) is 10.8. The van der Waals surface area contributed by atoms with Crippen LogP contribution in [0.1, 0.15) is 96.9 Å². The van der Waals surface area contributed by atoms with E-state index in [0.29, 0.717) is 12.0 Å². The van der Waals surface area contributed by atoms with Crippen molar-refractivity contribution in [3.05, 3.63) is 16.8 Å². The molecule has 2 aromatic rings. The van der Waals surface area contributed by atoms with E-state index in [1.54, 1.807) is 6.33 Å². The number of primary amides is 1. The van der Waals surface area contributed by atoms with Gasteiger partial charge < -0.3 is 21.1 Å². The van der Waals surface area contributed by atoms with Crippen LogP contribution in [0, 0.1) is 0 Å². The molecular formula is C25H41N5O3S. The van der Waals surface area contributed by atoms with Gasteiger partial charge in [0.15, 0.2) is 0 Å². The Labute approximate surface area is 207 Å². The first kappa shape index (κ1) is 27.8. The topological polar surface area (TPSA) is 119 Å². The molecule has 8 nitrogen and oxygen atoms in total. The highest BCUT2D eigenvalue weighted by Crippen LogP contribution is 2.45. The van der Waals surface area contributed by atoms with Crippen LogP contribution < -0.4 is 16.4 Å². The Bertz CT molecular complexity index is 957. The Morgan fingerprint density at radius 2 is 1.68 bits per heavy atom. The van der Waals surface area contributed by atoms with Gasteiger partial charge in [-0.05, 0) is 70.8 Å². The summed E-state index contributed by atoms with van der Waals surface area (Å²) in [7, 11) is 0. The van der Waals surface area contributed by atoms with E-state index in [9.17, 15) is 9.59 Å². The molecule has 2 aromatic heterocycles. The number of anilines is 1. The number of rotatable bonds is 3. The average Bonchev–Trinajstić information content (AvgIpc) is 3.29. The molecule has 0 aromatic carbocycles. The molecule has 2 heterocycles. The van der Waals surface area contributed by atoms with Crippen LogP contribution in [0.3, 0.4) is 0 Å². The molecule has 0 bridgehead atoms. The number of thiophene rings is 1. The van der Waals surface area contributed by atoms with Crippen molar-refractivity contribution < 1.29 is 14.3 Å². The Morgan fingerprint density at radius 1 is 1.09 bits per heavy atom. The van der Waals surface area contributed by atoms with Crippen LogP contribution in [-0.4, -0.2) is 39.7 Å². The summed E-state index contributed by atoms with van der Waals surface area (Å²) in [6, 6.07) is 0.561. The monoisotopic (exact) mass is 491 g/mol. The Hall–Kier alpha value is -2.42. The minimum atomic E-state index is -0.459. The number of ether oxygens (including phenoxy) is 1. The first-order chi connectivity index (χ1) is 16.0. The molecular weight excluding hydrogens is 450 g/mol. The Balaban J connectivity index is 0.000000618. The highest BCUT2D eigenvalue weighted by atomic mass is 32.1. The summed E-state index contributed by atoms with van der Waals surface area (Å²) in [5, 5.41) is 7.93. The van der Waals surface area contributed by atoms with Crippen LogP contribution in [0.2, 0.25) is 0 Å². The van der Waals surface area contributed by atoms with Crippen LogP contribution in [0.5, 0.6) is 0 Å². The number of hydrogen-bond acceptors (Lipinski definition) is 7. The molecule has 4 rings (SSSR count). The van der Waals surface area contributed by atoms with Gasteiger partial charge in [0.2, 0.25) is 5.91 Å². The summed E-state index contributed by atoms with van der Waals surface area (Å²) in [6.07, 6.45) is 7.67. The number of nitrogens with zero attached hydrogens (tertiary/aromatic N) is 2. The number of carbonyl (C=O) groups excluding carboxylic acids is 2.